The van der Waals surface area contributed by atoms with Crippen molar-refractivity contribution in [2.75, 3.05) is 6.54 Å². The average molecular weight is 237 g/mol. The third-order valence-corrected chi connectivity index (χ3v) is 3.41. The molecule has 0 spiro atoms. The van der Waals surface area contributed by atoms with Gasteiger partial charge in [-0.05, 0) is 25.8 Å². The largest absolute Gasteiger partial charge is 0.338 e. The first-order valence-electron chi connectivity index (χ1n) is 6.93. The molecule has 1 aromatic rings. The minimum atomic E-state index is 0.529. The molecule has 1 saturated carbocycles. The number of nitrogens with zero attached hydrogens (tertiary/aromatic N) is 2. The molecular formula is C13H23N3O. The van der Waals surface area contributed by atoms with Crippen LogP contribution >= 0.6 is 0 Å². The lowest BCUT2D eigenvalue weighted by atomic mass is 10.00. The molecule has 0 unspecified atom stereocenters. The highest BCUT2D eigenvalue weighted by atomic mass is 16.5. The van der Waals surface area contributed by atoms with Crippen LogP contribution < -0.4 is 5.32 Å². The van der Waals surface area contributed by atoms with Gasteiger partial charge < -0.3 is 9.84 Å². The third-order valence-electron chi connectivity index (χ3n) is 3.41. The highest BCUT2D eigenvalue weighted by molar-refractivity contribution is 4.96. The van der Waals surface area contributed by atoms with Crippen molar-refractivity contribution in [2.45, 2.75) is 64.3 Å². The topological polar surface area (TPSA) is 51.0 Å². The molecule has 1 aliphatic carbocycles. The summed E-state index contributed by atoms with van der Waals surface area (Å²) in [4.78, 5) is 4.51. The van der Waals surface area contributed by atoms with Crippen molar-refractivity contribution in [3.63, 3.8) is 0 Å². The number of hydrogen-bond donors (Lipinski definition) is 1. The zero-order valence-corrected chi connectivity index (χ0v) is 10.7. The van der Waals surface area contributed by atoms with E-state index >= 15 is 0 Å². The summed E-state index contributed by atoms with van der Waals surface area (Å²) in [5.41, 5.74) is 0. The maximum atomic E-state index is 5.28. The summed E-state index contributed by atoms with van der Waals surface area (Å²) in [6.45, 7) is 3.85. The molecule has 1 heterocycles. The predicted molar refractivity (Wildman–Crippen MR) is 66.7 cm³/mol. The Balaban J connectivity index is 1.87. The van der Waals surface area contributed by atoms with Gasteiger partial charge in [-0.2, -0.15) is 4.98 Å². The van der Waals surface area contributed by atoms with E-state index in [-0.39, 0.29) is 0 Å². The summed E-state index contributed by atoms with van der Waals surface area (Å²) >= 11 is 0. The van der Waals surface area contributed by atoms with Crippen molar-refractivity contribution in [3.05, 3.63) is 11.7 Å². The van der Waals surface area contributed by atoms with Gasteiger partial charge in [-0.1, -0.05) is 37.8 Å². The van der Waals surface area contributed by atoms with E-state index in [2.05, 4.69) is 22.4 Å². The van der Waals surface area contributed by atoms with Crippen LogP contribution in [0.3, 0.4) is 0 Å². The zero-order valence-electron chi connectivity index (χ0n) is 10.7. The van der Waals surface area contributed by atoms with E-state index in [1.807, 2.05) is 0 Å². The second-order valence-electron chi connectivity index (χ2n) is 4.91. The lowest BCUT2D eigenvalue weighted by Gasteiger charge is -2.07. The zero-order chi connectivity index (χ0) is 11.9. The Labute approximate surface area is 103 Å². The monoisotopic (exact) mass is 237 g/mol. The fourth-order valence-corrected chi connectivity index (χ4v) is 2.42. The van der Waals surface area contributed by atoms with Gasteiger partial charge in [-0.25, -0.2) is 0 Å². The summed E-state index contributed by atoms with van der Waals surface area (Å²) in [6.07, 6.45) is 8.91. The van der Waals surface area contributed by atoms with E-state index in [0.717, 1.165) is 24.7 Å². The van der Waals surface area contributed by atoms with Crippen molar-refractivity contribution in [1.82, 2.24) is 15.5 Å². The van der Waals surface area contributed by atoms with E-state index in [9.17, 15) is 0 Å². The molecule has 4 nitrogen and oxygen atoms in total. The lowest BCUT2D eigenvalue weighted by Crippen LogP contribution is -2.14. The number of aromatic nitrogens is 2. The first-order chi connectivity index (χ1) is 8.40. The molecule has 0 bridgehead atoms. The Morgan fingerprint density at radius 3 is 2.71 bits per heavy atom. The van der Waals surface area contributed by atoms with Crippen molar-refractivity contribution >= 4 is 0 Å². The van der Waals surface area contributed by atoms with Gasteiger partial charge in [0.1, 0.15) is 0 Å². The summed E-state index contributed by atoms with van der Waals surface area (Å²) in [5.74, 6) is 2.19. The Bertz CT molecular complexity index is 316. The van der Waals surface area contributed by atoms with Gasteiger partial charge in [0.25, 0.3) is 0 Å². The summed E-state index contributed by atoms with van der Waals surface area (Å²) < 4.78 is 5.28. The molecule has 17 heavy (non-hydrogen) atoms. The van der Waals surface area contributed by atoms with Crippen molar-refractivity contribution in [3.8, 4) is 0 Å². The quantitative estimate of drug-likeness (QED) is 0.632. The second-order valence-corrected chi connectivity index (χ2v) is 4.91. The average Bonchev–Trinajstić information content (AvgIpc) is 2.64. The van der Waals surface area contributed by atoms with E-state index < -0.39 is 0 Å². The van der Waals surface area contributed by atoms with Crippen LogP contribution in [-0.4, -0.2) is 16.7 Å². The van der Waals surface area contributed by atoms with Gasteiger partial charge in [0, 0.05) is 5.92 Å². The van der Waals surface area contributed by atoms with Crippen LogP contribution in [0.15, 0.2) is 4.52 Å². The van der Waals surface area contributed by atoms with Crippen LogP contribution in [-0.2, 0) is 6.54 Å². The van der Waals surface area contributed by atoms with Gasteiger partial charge in [0.15, 0.2) is 5.82 Å². The smallest absolute Gasteiger partial charge is 0.240 e. The van der Waals surface area contributed by atoms with Crippen molar-refractivity contribution in [2.24, 2.45) is 0 Å². The molecule has 0 saturated heterocycles. The fraction of sp³-hybridized carbons (Fsp3) is 0.846. The van der Waals surface area contributed by atoms with E-state index in [1.54, 1.807) is 0 Å². The fourth-order valence-electron chi connectivity index (χ4n) is 2.42. The molecule has 1 N–H and O–H groups in total. The number of rotatable bonds is 5. The van der Waals surface area contributed by atoms with Crippen LogP contribution in [0.25, 0.3) is 0 Å². The molecule has 0 aliphatic heterocycles. The minimum absolute atomic E-state index is 0.529. The van der Waals surface area contributed by atoms with E-state index in [4.69, 9.17) is 4.52 Å². The SMILES string of the molecule is CCCNCc1nc(C2CCCCCC2)no1. The molecule has 1 aliphatic rings. The first kappa shape index (κ1) is 12.6. The molecule has 0 radical (unpaired) electrons. The molecule has 96 valence electrons. The van der Waals surface area contributed by atoms with Crippen LogP contribution in [0.1, 0.15) is 69.5 Å². The van der Waals surface area contributed by atoms with Crippen LogP contribution in [0.4, 0.5) is 0 Å². The number of nitrogens with one attached hydrogen (secondary N) is 1. The van der Waals surface area contributed by atoms with Crippen LogP contribution in [0.5, 0.6) is 0 Å². The molecule has 0 amide bonds. The normalized spacial score (nSPS) is 18.2. The first-order valence-corrected chi connectivity index (χ1v) is 6.93. The second kappa shape index (κ2) is 6.74. The molecular weight excluding hydrogens is 214 g/mol. The molecule has 0 aromatic carbocycles. The van der Waals surface area contributed by atoms with Gasteiger partial charge >= 0.3 is 0 Å². The number of hydrogen-bond acceptors (Lipinski definition) is 4. The van der Waals surface area contributed by atoms with Crippen molar-refractivity contribution in [1.29, 1.82) is 0 Å². The van der Waals surface area contributed by atoms with Crippen LogP contribution in [0.2, 0.25) is 0 Å². The molecule has 1 aromatic heterocycles. The maximum Gasteiger partial charge on any atom is 0.240 e. The predicted octanol–water partition coefficient (Wildman–Crippen LogP) is 3.01. The van der Waals surface area contributed by atoms with E-state index in [1.165, 1.54) is 38.5 Å². The third kappa shape index (κ3) is 3.80. The summed E-state index contributed by atoms with van der Waals surface area (Å²) in [6, 6.07) is 0. The molecule has 4 heteroatoms. The molecule has 2 rings (SSSR count). The maximum absolute atomic E-state index is 5.28. The van der Waals surface area contributed by atoms with Gasteiger partial charge in [-0.3, -0.25) is 0 Å². The van der Waals surface area contributed by atoms with Crippen LogP contribution in [0, 0.1) is 0 Å². The van der Waals surface area contributed by atoms with Gasteiger partial charge in [0.2, 0.25) is 5.89 Å². The highest BCUT2D eigenvalue weighted by Gasteiger charge is 2.19. The minimum Gasteiger partial charge on any atom is -0.338 e. The van der Waals surface area contributed by atoms with E-state index in [0.29, 0.717) is 12.5 Å². The van der Waals surface area contributed by atoms with Gasteiger partial charge in [-0.15, -0.1) is 0 Å². The molecule has 1 fully saturated rings. The Hall–Kier alpha value is -0.900. The standard InChI is InChI=1S/C13H23N3O/c1-2-9-14-10-12-15-13(16-17-12)11-7-5-3-4-6-8-11/h11,14H,2-10H2,1H3. The van der Waals surface area contributed by atoms with Crippen molar-refractivity contribution < 1.29 is 4.52 Å². The van der Waals surface area contributed by atoms with Gasteiger partial charge in [0.05, 0.1) is 6.54 Å². The lowest BCUT2D eigenvalue weighted by molar-refractivity contribution is 0.358. The Morgan fingerprint density at radius 2 is 2.00 bits per heavy atom. The Morgan fingerprint density at radius 1 is 1.24 bits per heavy atom. The summed E-state index contributed by atoms with van der Waals surface area (Å²) in [7, 11) is 0. The highest BCUT2D eigenvalue weighted by Crippen LogP contribution is 2.29. The molecule has 0 atom stereocenters. The summed E-state index contributed by atoms with van der Waals surface area (Å²) in [5, 5.41) is 7.42. The Kier molecular flexibility index (Phi) is 4.98.